The molecule has 5 nitrogen and oxygen atoms in total. The molecule has 0 aromatic carbocycles. The molecule has 1 saturated heterocycles. The molecule has 0 amide bonds. The van der Waals surface area contributed by atoms with Crippen molar-refractivity contribution in [3.8, 4) is 11.8 Å². The predicted octanol–water partition coefficient (Wildman–Crippen LogP) is 0.605. The van der Waals surface area contributed by atoms with Crippen molar-refractivity contribution in [3.63, 3.8) is 0 Å². The van der Waals surface area contributed by atoms with E-state index in [0.717, 1.165) is 12.8 Å². The number of rotatable bonds is 1. The van der Waals surface area contributed by atoms with Crippen LogP contribution in [0.1, 0.15) is 38.5 Å². The van der Waals surface area contributed by atoms with Gasteiger partial charge in [0.05, 0.1) is 6.10 Å². The van der Waals surface area contributed by atoms with Gasteiger partial charge in [0.1, 0.15) is 11.8 Å². The average Bonchev–Trinajstić information content (AvgIpc) is 2.69. The fourth-order valence-electron chi connectivity index (χ4n) is 1.91. The summed E-state index contributed by atoms with van der Waals surface area (Å²) < 4.78 is 7.00. The van der Waals surface area contributed by atoms with Crippen molar-refractivity contribution in [3.05, 3.63) is 32.6 Å². The van der Waals surface area contributed by atoms with Gasteiger partial charge in [-0.25, -0.2) is 4.79 Å². The Kier molecular flexibility index (Phi) is 3.16. The highest BCUT2D eigenvalue weighted by atomic mass is 16.5. The second-order valence-electron chi connectivity index (χ2n) is 4.06. The van der Waals surface area contributed by atoms with E-state index in [4.69, 9.17) is 4.74 Å². The second kappa shape index (κ2) is 4.60. The standard InChI is InChI=1S/C12H14N2O3/c1-3-4-9-7-14(12(16)13-11(9)15)10-6-5-8(2)17-10/h7-8,10H,5-6H2,1-2H3,(H,13,15,16). The molecule has 1 N–H and O–H groups in total. The Morgan fingerprint density at radius 2 is 2.24 bits per heavy atom. The summed E-state index contributed by atoms with van der Waals surface area (Å²) in [5.41, 5.74) is -0.613. The van der Waals surface area contributed by atoms with Crippen LogP contribution in [0.15, 0.2) is 15.8 Å². The van der Waals surface area contributed by atoms with Gasteiger partial charge in [-0.15, -0.1) is 5.92 Å². The summed E-state index contributed by atoms with van der Waals surface area (Å²) in [6.45, 7) is 3.60. The summed E-state index contributed by atoms with van der Waals surface area (Å²) in [6.07, 6.45) is 2.99. The first kappa shape index (κ1) is 11.7. The Labute approximate surface area is 98.4 Å². The molecule has 90 valence electrons. The molecule has 2 rings (SSSR count). The van der Waals surface area contributed by atoms with Crippen molar-refractivity contribution in [2.24, 2.45) is 0 Å². The molecule has 2 unspecified atom stereocenters. The largest absolute Gasteiger partial charge is 0.355 e. The van der Waals surface area contributed by atoms with Crippen LogP contribution in [0.4, 0.5) is 0 Å². The van der Waals surface area contributed by atoms with Crippen LogP contribution in [0.5, 0.6) is 0 Å². The first-order valence-electron chi connectivity index (χ1n) is 5.55. The molecule has 1 aliphatic heterocycles. The van der Waals surface area contributed by atoms with Gasteiger partial charge in [0.25, 0.3) is 5.56 Å². The van der Waals surface area contributed by atoms with Gasteiger partial charge < -0.3 is 4.74 Å². The van der Waals surface area contributed by atoms with E-state index < -0.39 is 11.2 Å². The lowest BCUT2D eigenvalue weighted by Gasteiger charge is -2.13. The van der Waals surface area contributed by atoms with Gasteiger partial charge in [-0.2, -0.15) is 0 Å². The second-order valence-corrected chi connectivity index (χ2v) is 4.06. The summed E-state index contributed by atoms with van der Waals surface area (Å²) in [6, 6.07) is 0. The minimum absolute atomic E-state index is 0.138. The maximum absolute atomic E-state index is 11.7. The lowest BCUT2D eigenvalue weighted by atomic mass is 10.2. The molecular formula is C12H14N2O3. The van der Waals surface area contributed by atoms with Crippen LogP contribution in [0.25, 0.3) is 0 Å². The van der Waals surface area contributed by atoms with Gasteiger partial charge in [-0.3, -0.25) is 14.3 Å². The van der Waals surface area contributed by atoms with Crippen molar-refractivity contribution in [2.45, 2.75) is 39.0 Å². The molecule has 2 atom stereocenters. The van der Waals surface area contributed by atoms with Crippen molar-refractivity contribution in [2.75, 3.05) is 0 Å². The zero-order chi connectivity index (χ0) is 12.4. The molecule has 0 saturated carbocycles. The van der Waals surface area contributed by atoms with Crippen molar-refractivity contribution in [1.82, 2.24) is 9.55 Å². The number of ether oxygens (including phenoxy) is 1. The lowest BCUT2D eigenvalue weighted by molar-refractivity contribution is 0.00787. The predicted molar refractivity (Wildman–Crippen MR) is 62.7 cm³/mol. The SMILES string of the molecule is CC#Cc1cn(C2CCC(C)O2)c(=O)[nH]c1=O. The molecule has 0 radical (unpaired) electrons. The normalized spacial score (nSPS) is 23.2. The summed E-state index contributed by atoms with van der Waals surface area (Å²) >= 11 is 0. The highest BCUT2D eigenvalue weighted by Gasteiger charge is 2.24. The number of hydrogen-bond acceptors (Lipinski definition) is 3. The van der Waals surface area contributed by atoms with Crippen LogP contribution in [0, 0.1) is 11.8 Å². The van der Waals surface area contributed by atoms with Gasteiger partial charge in [0.2, 0.25) is 0 Å². The van der Waals surface area contributed by atoms with E-state index in [9.17, 15) is 9.59 Å². The summed E-state index contributed by atoms with van der Waals surface area (Å²) in [4.78, 5) is 25.4. The van der Waals surface area contributed by atoms with Crippen molar-refractivity contribution < 1.29 is 4.74 Å². The van der Waals surface area contributed by atoms with Gasteiger partial charge in [-0.05, 0) is 26.7 Å². The zero-order valence-corrected chi connectivity index (χ0v) is 9.82. The quantitative estimate of drug-likeness (QED) is 0.724. The van der Waals surface area contributed by atoms with E-state index in [1.165, 1.54) is 10.8 Å². The van der Waals surface area contributed by atoms with Crippen LogP contribution < -0.4 is 11.2 Å². The minimum atomic E-state index is -0.452. The Balaban J connectivity index is 2.46. The molecule has 2 heterocycles. The number of H-pyrrole nitrogens is 1. The maximum atomic E-state index is 11.7. The van der Waals surface area contributed by atoms with Gasteiger partial charge in [0, 0.05) is 6.20 Å². The van der Waals surface area contributed by atoms with Crippen molar-refractivity contribution in [1.29, 1.82) is 0 Å². The summed E-state index contributed by atoms with van der Waals surface area (Å²) in [5.74, 6) is 5.31. The maximum Gasteiger partial charge on any atom is 0.330 e. The highest BCUT2D eigenvalue weighted by molar-refractivity contribution is 5.28. The van der Waals surface area contributed by atoms with E-state index in [1.54, 1.807) is 6.92 Å². The van der Waals surface area contributed by atoms with Crippen LogP contribution in [-0.4, -0.2) is 15.7 Å². The Bertz CT molecular complexity index is 588. The topological polar surface area (TPSA) is 64.1 Å². The van der Waals surface area contributed by atoms with Gasteiger partial charge >= 0.3 is 5.69 Å². The molecule has 1 fully saturated rings. The Morgan fingerprint density at radius 1 is 1.47 bits per heavy atom. The number of hydrogen-bond donors (Lipinski definition) is 1. The lowest BCUT2D eigenvalue weighted by Crippen LogP contribution is -2.33. The average molecular weight is 234 g/mol. The monoisotopic (exact) mass is 234 g/mol. The van der Waals surface area contributed by atoms with Crippen LogP contribution in [0.3, 0.4) is 0 Å². The Morgan fingerprint density at radius 3 is 2.82 bits per heavy atom. The van der Waals surface area contributed by atoms with E-state index in [1.807, 2.05) is 6.92 Å². The van der Waals surface area contributed by atoms with Crippen LogP contribution >= 0.6 is 0 Å². The molecule has 5 heteroatoms. The van der Waals surface area contributed by atoms with Gasteiger partial charge in [0.15, 0.2) is 0 Å². The van der Waals surface area contributed by atoms with E-state index in [-0.39, 0.29) is 17.9 Å². The molecule has 1 aromatic heterocycles. The highest BCUT2D eigenvalue weighted by Crippen LogP contribution is 2.26. The number of aromatic nitrogens is 2. The van der Waals surface area contributed by atoms with Crippen molar-refractivity contribution >= 4 is 0 Å². The third-order valence-corrected chi connectivity index (χ3v) is 2.75. The fourth-order valence-corrected chi connectivity index (χ4v) is 1.91. The minimum Gasteiger partial charge on any atom is -0.355 e. The van der Waals surface area contributed by atoms with Crippen LogP contribution in [0.2, 0.25) is 0 Å². The zero-order valence-electron chi connectivity index (χ0n) is 9.82. The third kappa shape index (κ3) is 2.32. The van der Waals surface area contributed by atoms with E-state index in [0.29, 0.717) is 0 Å². The molecular weight excluding hydrogens is 220 g/mol. The van der Waals surface area contributed by atoms with Gasteiger partial charge in [-0.1, -0.05) is 5.92 Å². The first-order chi connectivity index (χ1) is 8.11. The number of nitrogens with one attached hydrogen (secondary N) is 1. The van der Waals surface area contributed by atoms with Crippen LogP contribution in [-0.2, 0) is 4.74 Å². The summed E-state index contributed by atoms with van der Waals surface area (Å²) in [5, 5.41) is 0. The number of nitrogens with zero attached hydrogens (tertiary/aromatic N) is 1. The smallest absolute Gasteiger partial charge is 0.330 e. The molecule has 0 aliphatic carbocycles. The molecule has 1 aromatic rings. The summed E-state index contributed by atoms with van der Waals surface area (Å²) in [7, 11) is 0. The van der Waals surface area contributed by atoms with E-state index in [2.05, 4.69) is 16.8 Å². The fraction of sp³-hybridized carbons (Fsp3) is 0.500. The first-order valence-corrected chi connectivity index (χ1v) is 5.55. The number of aromatic amines is 1. The molecule has 17 heavy (non-hydrogen) atoms. The third-order valence-electron chi connectivity index (χ3n) is 2.75. The molecule has 0 bridgehead atoms. The van der Waals surface area contributed by atoms with E-state index >= 15 is 0 Å². The molecule has 1 aliphatic rings. The Hall–Kier alpha value is -1.80. The molecule has 0 spiro atoms.